The third-order valence-corrected chi connectivity index (χ3v) is 3.66. The van der Waals surface area contributed by atoms with Crippen molar-refractivity contribution in [2.45, 2.75) is 45.1 Å². The van der Waals surface area contributed by atoms with Crippen molar-refractivity contribution in [3.8, 4) is 0 Å². The van der Waals surface area contributed by atoms with E-state index in [1.807, 2.05) is 0 Å². The fraction of sp³-hybridized carbons (Fsp3) is 0.714. The van der Waals surface area contributed by atoms with Gasteiger partial charge in [-0.05, 0) is 32.2 Å². The van der Waals surface area contributed by atoms with Crippen LogP contribution in [0.25, 0.3) is 0 Å². The number of rotatable bonds is 7. The quantitative estimate of drug-likeness (QED) is 0.737. The van der Waals surface area contributed by atoms with E-state index in [0.717, 1.165) is 37.7 Å². The molecule has 1 fully saturated rings. The van der Waals surface area contributed by atoms with E-state index < -0.39 is 0 Å². The van der Waals surface area contributed by atoms with Crippen molar-refractivity contribution < 1.29 is 0 Å². The maximum absolute atomic E-state index is 5.69. The zero-order valence-corrected chi connectivity index (χ0v) is 11.8. The summed E-state index contributed by atoms with van der Waals surface area (Å²) in [6, 6.07) is 2.60. The number of aromatic nitrogens is 2. The molecule has 1 aromatic heterocycles. The van der Waals surface area contributed by atoms with Gasteiger partial charge in [-0.1, -0.05) is 13.3 Å². The smallest absolute Gasteiger partial charge is 0.134 e. The van der Waals surface area contributed by atoms with Gasteiger partial charge in [0.05, 0.1) is 0 Å². The first-order valence-corrected chi connectivity index (χ1v) is 7.37. The molecule has 5 heteroatoms. The van der Waals surface area contributed by atoms with Crippen LogP contribution in [-0.4, -0.2) is 35.6 Å². The zero-order valence-electron chi connectivity index (χ0n) is 11.8. The molecule has 0 amide bonds. The summed E-state index contributed by atoms with van der Waals surface area (Å²) in [4.78, 5) is 11.1. The predicted octanol–water partition coefficient (Wildman–Crippen LogP) is 2.01. The molecule has 19 heavy (non-hydrogen) atoms. The van der Waals surface area contributed by atoms with Crippen molar-refractivity contribution in [1.29, 1.82) is 0 Å². The highest BCUT2D eigenvalue weighted by atomic mass is 15.2. The summed E-state index contributed by atoms with van der Waals surface area (Å²) in [6.07, 6.45) is 7.51. The van der Waals surface area contributed by atoms with Crippen molar-refractivity contribution in [3.05, 3.63) is 12.4 Å². The maximum atomic E-state index is 5.69. The average Bonchev–Trinajstić information content (AvgIpc) is 2.88. The molecule has 0 spiro atoms. The molecule has 2 heterocycles. The Hall–Kier alpha value is -1.36. The van der Waals surface area contributed by atoms with E-state index in [-0.39, 0.29) is 0 Å². The van der Waals surface area contributed by atoms with Crippen LogP contribution in [0.1, 0.15) is 39.0 Å². The molecule has 2 rings (SSSR count). The minimum atomic E-state index is 0.545. The van der Waals surface area contributed by atoms with Gasteiger partial charge in [0.1, 0.15) is 18.0 Å². The third kappa shape index (κ3) is 3.80. The van der Waals surface area contributed by atoms with Crippen molar-refractivity contribution in [2.75, 3.05) is 29.9 Å². The molecule has 0 aromatic carbocycles. The summed E-state index contributed by atoms with van der Waals surface area (Å²) in [5.74, 6) is 1.96. The molecule has 1 saturated heterocycles. The lowest BCUT2D eigenvalue weighted by Gasteiger charge is -2.25. The van der Waals surface area contributed by atoms with Crippen LogP contribution in [0.3, 0.4) is 0 Å². The zero-order chi connectivity index (χ0) is 13.5. The van der Waals surface area contributed by atoms with Gasteiger partial charge >= 0.3 is 0 Å². The van der Waals surface area contributed by atoms with E-state index in [1.165, 1.54) is 25.7 Å². The largest absolute Gasteiger partial charge is 0.370 e. The Morgan fingerprint density at radius 2 is 2.37 bits per heavy atom. The van der Waals surface area contributed by atoms with Gasteiger partial charge in [-0.3, -0.25) is 0 Å². The highest BCUT2D eigenvalue weighted by Gasteiger charge is 2.25. The van der Waals surface area contributed by atoms with E-state index in [9.17, 15) is 0 Å². The van der Waals surface area contributed by atoms with Crippen molar-refractivity contribution in [2.24, 2.45) is 5.73 Å². The van der Waals surface area contributed by atoms with Crippen LogP contribution < -0.4 is 16.0 Å². The summed E-state index contributed by atoms with van der Waals surface area (Å²) in [6.45, 7) is 4.98. The summed E-state index contributed by atoms with van der Waals surface area (Å²) in [7, 11) is 0. The lowest BCUT2D eigenvalue weighted by atomic mass is 10.1. The Bertz CT molecular complexity index is 382. The van der Waals surface area contributed by atoms with Gasteiger partial charge in [0.2, 0.25) is 0 Å². The molecule has 5 nitrogen and oxygen atoms in total. The van der Waals surface area contributed by atoms with E-state index in [1.54, 1.807) is 6.33 Å². The molecule has 1 atom stereocenters. The number of unbranched alkanes of at least 4 members (excludes halogenated alkanes) is 1. The Morgan fingerprint density at radius 3 is 3.16 bits per heavy atom. The highest BCUT2D eigenvalue weighted by molar-refractivity contribution is 5.49. The van der Waals surface area contributed by atoms with Crippen LogP contribution in [0.5, 0.6) is 0 Å². The molecule has 0 bridgehead atoms. The van der Waals surface area contributed by atoms with Crippen molar-refractivity contribution in [3.63, 3.8) is 0 Å². The monoisotopic (exact) mass is 263 g/mol. The number of anilines is 2. The van der Waals surface area contributed by atoms with E-state index >= 15 is 0 Å². The summed E-state index contributed by atoms with van der Waals surface area (Å²) in [5, 5.41) is 3.35. The van der Waals surface area contributed by atoms with Crippen molar-refractivity contribution in [1.82, 2.24) is 9.97 Å². The fourth-order valence-electron chi connectivity index (χ4n) is 2.62. The fourth-order valence-corrected chi connectivity index (χ4v) is 2.62. The standard InChI is InChI=1S/C14H25N5/c1-2-3-8-16-13-10-14(18-11-17-13)19-9-4-5-12(19)6-7-15/h10-12H,2-9,15H2,1H3,(H,16,17,18). The van der Waals surface area contributed by atoms with Crippen LogP contribution in [-0.2, 0) is 0 Å². The number of hydrogen-bond donors (Lipinski definition) is 2. The number of nitrogens with zero attached hydrogens (tertiary/aromatic N) is 3. The molecule has 0 aliphatic carbocycles. The van der Waals surface area contributed by atoms with Crippen LogP contribution >= 0.6 is 0 Å². The van der Waals surface area contributed by atoms with Gasteiger partial charge in [-0.25, -0.2) is 9.97 Å². The van der Waals surface area contributed by atoms with Gasteiger partial charge in [-0.2, -0.15) is 0 Å². The molecular weight excluding hydrogens is 238 g/mol. The van der Waals surface area contributed by atoms with Gasteiger partial charge in [0.25, 0.3) is 0 Å². The van der Waals surface area contributed by atoms with Gasteiger partial charge in [0, 0.05) is 25.2 Å². The second kappa shape index (κ2) is 7.28. The Morgan fingerprint density at radius 1 is 1.47 bits per heavy atom. The summed E-state index contributed by atoms with van der Waals surface area (Å²) >= 11 is 0. The summed E-state index contributed by atoms with van der Waals surface area (Å²) < 4.78 is 0. The van der Waals surface area contributed by atoms with Gasteiger partial charge in [-0.15, -0.1) is 0 Å². The Labute approximate surface area is 115 Å². The minimum absolute atomic E-state index is 0.545. The second-order valence-corrected chi connectivity index (χ2v) is 5.11. The second-order valence-electron chi connectivity index (χ2n) is 5.11. The minimum Gasteiger partial charge on any atom is -0.370 e. The Kier molecular flexibility index (Phi) is 5.39. The molecule has 1 aliphatic rings. The number of hydrogen-bond acceptors (Lipinski definition) is 5. The normalized spacial score (nSPS) is 18.8. The maximum Gasteiger partial charge on any atom is 0.134 e. The summed E-state index contributed by atoms with van der Waals surface area (Å²) in [5.41, 5.74) is 5.69. The SMILES string of the molecule is CCCCNc1cc(N2CCCC2CCN)ncn1. The first-order chi connectivity index (χ1) is 9.35. The molecule has 1 unspecified atom stereocenters. The number of nitrogens with two attached hydrogens (primary N) is 1. The van der Waals surface area contributed by atoms with Crippen molar-refractivity contribution >= 4 is 11.6 Å². The predicted molar refractivity (Wildman–Crippen MR) is 79.5 cm³/mol. The van der Waals surface area contributed by atoms with E-state index in [4.69, 9.17) is 5.73 Å². The third-order valence-electron chi connectivity index (χ3n) is 3.66. The molecule has 0 radical (unpaired) electrons. The molecular formula is C14H25N5. The van der Waals surface area contributed by atoms with Crippen LogP contribution in [0.2, 0.25) is 0 Å². The lowest BCUT2D eigenvalue weighted by Crippen LogP contribution is -2.31. The van der Waals surface area contributed by atoms with Crippen LogP contribution in [0, 0.1) is 0 Å². The van der Waals surface area contributed by atoms with E-state index in [2.05, 4.69) is 33.2 Å². The highest BCUT2D eigenvalue weighted by Crippen LogP contribution is 2.26. The number of nitrogens with one attached hydrogen (secondary N) is 1. The molecule has 106 valence electrons. The molecule has 3 N–H and O–H groups in total. The van der Waals surface area contributed by atoms with E-state index in [0.29, 0.717) is 6.04 Å². The first-order valence-electron chi connectivity index (χ1n) is 7.37. The van der Waals surface area contributed by atoms with Crippen LogP contribution in [0.15, 0.2) is 12.4 Å². The van der Waals surface area contributed by atoms with Gasteiger partial charge < -0.3 is 16.0 Å². The topological polar surface area (TPSA) is 67.1 Å². The molecule has 0 saturated carbocycles. The lowest BCUT2D eigenvalue weighted by molar-refractivity contribution is 0.614. The van der Waals surface area contributed by atoms with Crippen LogP contribution in [0.4, 0.5) is 11.6 Å². The van der Waals surface area contributed by atoms with Gasteiger partial charge in [0.15, 0.2) is 0 Å². The average molecular weight is 263 g/mol. The molecule has 1 aliphatic heterocycles. The molecule has 1 aromatic rings. The Balaban J connectivity index is 2.01. The first kappa shape index (κ1) is 14.1.